The number of unbranched alkanes of at least 4 members (excludes halogenated alkanes) is 1. The lowest BCUT2D eigenvalue weighted by molar-refractivity contribution is -0.115. The van der Waals surface area contributed by atoms with E-state index in [4.69, 9.17) is 0 Å². The third-order valence-electron chi connectivity index (χ3n) is 3.23. The summed E-state index contributed by atoms with van der Waals surface area (Å²) < 4.78 is 25.7. The molecule has 1 aromatic rings. The van der Waals surface area contributed by atoms with Gasteiger partial charge in [-0.3, -0.25) is 4.79 Å². The average molecular weight is 326 g/mol. The number of anilines is 1. The molecule has 5 nitrogen and oxygen atoms in total. The summed E-state index contributed by atoms with van der Waals surface area (Å²) >= 11 is 0. The number of nitrogens with one attached hydrogen (secondary N) is 2. The fourth-order valence-corrected chi connectivity index (χ4v) is 3.19. The van der Waals surface area contributed by atoms with Crippen molar-refractivity contribution < 1.29 is 13.2 Å². The van der Waals surface area contributed by atoms with Gasteiger partial charge in [0.1, 0.15) is 0 Å². The van der Waals surface area contributed by atoms with E-state index in [-0.39, 0.29) is 23.6 Å². The molecule has 1 rings (SSSR count). The smallest absolute Gasteiger partial charge is 0.239 e. The van der Waals surface area contributed by atoms with Crippen LogP contribution in [0.5, 0.6) is 0 Å². The van der Waals surface area contributed by atoms with Crippen molar-refractivity contribution in [3.8, 4) is 0 Å². The van der Waals surface area contributed by atoms with Crippen LogP contribution in [0.3, 0.4) is 0 Å². The summed E-state index contributed by atoms with van der Waals surface area (Å²) in [4.78, 5) is 12.0. The van der Waals surface area contributed by atoms with E-state index in [1.54, 1.807) is 0 Å². The van der Waals surface area contributed by atoms with Crippen LogP contribution in [0.15, 0.2) is 24.3 Å². The highest BCUT2D eigenvalue weighted by atomic mass is 32.2. The van der Waals surface area contributed by atoms with E-state index >= 15 is 0 Å². The number of hydrogen-bond acceptors (Lipinski definition) is 3. The highest BCUT2D eigenvalue weighted by Crippen LogP contribution is 2.29. The second-order valence-corrected chi connectivity index (χ2v) is 8.26. The fourth-order valence-electron chi connectivity index (χ4n) is 2.02. The summed E-state index contributed by atoms with van der Waals surface area (Å²) in [6, 6.07) is 7.55. The zero-order chi connectivity index (χ0) is 16.8. The first-order valence-corrected chi connectivity index (χ1v) is 9.17. The van der Waals surface area contributed by atoms with Gasteiger partial charge in [-0.05, 0) is 23.5 Å². The van der Waals surface area contributed by atoms with E-state index in [1.807, 2.05) is 31.2 Å². The van der Waals surface area contributed by atoms with Crippen LogP contribution in [0.25, 0.3) is 0 Å². The van der Waals surface area contributed by atoms with Crippen molar-refractivity contribution in [2.45, 2.75) is 46.0 Å². The molecule has 0 atom stereocenters. The number of rotatable bonds is 7. The van der Waals surface area contributed by atoms with Gasteiger partial charge in [0, 0.05) is 5.69 Å². The van der Waals surface area contributed by atoms with Crippen molar-refractivity contribution in [1.82, 2.24) is 4.72 Å². The Morgan fingerprint density at radius 2 is 1.82 bits per heavy atom. The summed E-state index contributed by atoms with van der Waals surface area (Å²) in [7, 11) is -3.38. The van der Waals surface area contributed by atoms with E-state index < -0.39 is 10.0 Å². The Morgan fingerprint density at radius 1 is 1.18 bits per heavy atom. The van der Waals surface area contributed by atoms with E-state index in [0.717, 1.165) is 12.0 Å². The molecular formula is C16H26N2O3S. The van der Waals surface area contributed by atoms with Crippen LogP contribution in [0, 0.1) is 0 Å². The number of sulfonamides is 1. The molecule has 124 valence electrons. The van der Waals surface area contributed by atoms with Crippen LogP contribution in [0.1, 0.15) is 46.1 Å². The van der Waals surface area contributed by atoms with Gasteiger partial charge in [-0.25, -0.2) is 13.1 Å². The van der Waals surface area contributed by atoms with E-state index in [1.165, 1.54) is 0 Å². The SMILES string of the molecule is CCCCS(=O)(=O)NCC(=O)Nc1ccccc1C(C)(C)C. The van der Waals surface area contributed by atoms with Crippen molar-refractivity contribution in [3.05, 3.63) is 29.8 Å². The molecular weight excluding hydrogens is 300 g/mol. The number of carbonyl (C=O) groups is 1. The zero-order valence-corrected chi connectivity index (χ0v) is 14.6. The van der Waals surface area contributed by atoms with Gasteiger partial charge in [0.05, 0.1) is 12.3 Å². The van der Waals surface area contributed by atoms with Crippen molar-refractivity contribution >= 4 is 21.6 Å². The van der Waals surface area contributed by atoms with E-state index in [9.17, 15) is 13.2 Å². The minimum Gasteiger partial charge on any atom is -0.325 e. The lowest BCUT2D eigenvalue weighted by atomic mass is 9.86. The molecule has 1 amide bonds. The average Bonchev–Trinajstić information content (AvgIpc) is 2.43. The van der Waals surface area contributed by atoms with Crippen molar-refractivity contribution in [1.29, 1.82) is 0 Å². The Hall–Kier alpha value is -1.40. The molecule has 0 aliphatic rings. The summed E-state index contributed by atoms with van der Waals surface area (Å²) in [5, 5.41) is 2.78. The normalized spacial score (nSPS) is 12.2. The molecule has 6 heteroatoms. The highest BCUT2D eigenvalue weighted by molar-refractivity contribution is 7.89. The predicted molar refractivity (Wildman–Crippen MR) is 90.5 cm³/mol. The first kappa shape index (κ1) is 18.6. The van der Waals surface area contributed by atoms with Crippen LogP contribution in [0.4, 0.5) is 5.69 Å². The number of hydrogen-bond donors (Lipinski definition) is 2. The van der Waals surface area contributed by atoms with Crippen molar-refractivity contribution in [2.24, 2.45) is 0 Å². The Balaban J connectivity index is 2.67. The second kappa shape index (κ2) is 7.74. The Morgan fingerprint density at radius 3 is 2.41 bits per heavy atom. The van der Waals surface area contributed by atoms with Crippen LogP contribution >= 0.6 is 0 Å². The van der Waals surface area contributed by atoms with Gasteiger partial charge < -0.3 is 5.32 Å². The molecule has 0 saturated carbocycles. The molecule has 0 heterocycles. The lowest BCUT2D eigenvalue weighted by Crippen LogP contribution is -2.34. The second-order valence-electron chi connectivity index (χ2n) is 6.34. The first-order chi connectivity index (χ1) is 10.2. The molecule has 0 radical (unpaired) electrons. The molecule has 0 unspecified atom stereocenters. The Kier molecular flexibility index (Phi) is 6.56. The standard InChI is InChI=1S/C16H26N2O3S/c1-5-6-11-22(20,21)17-12-15(19)18-14-10-8-7-9-13(14)16(2,3)4/h7-10,17H,5-6,11-12H2,1-4H3,(H,18,19). The molecule has 2 N–H and O–H groups in total. The molecule has 0 spiro atoms. The summed E-state index contributed by atoms with van der Waals surface area (Å²) in [5.74, 6) is -0.313. The first-order valence-electron chi connectivity index (χ1n) is 7.52. The van der Waals surface area contributed by atoms with Crippen LogP contribution in [-0.4, -0.2) is 26.6 Å². The molecule has 22 heavy (non-hydrogen) atoms. The Bertz CT molecular complexity index is 604. The molecule has 0 bridgehead atoms. The fraction of sp³-hybridized carbons (Fsp3) is 0.562. The van der Waals surface area contributed by atoms with Gasteiger partial charge in [-0.1, -0.05) is 52.3 Å². The highest BCUT2D eigenvalue weighted by Gasteiger charge is 2.19. The number of para-hydroxylation sites is 1. The van der Waals surface area contributed by atoms with Gasteiger partial charge in [0.25, 0.3) is 0 Å². The number of amides is 1. The van der Waals surface area contributed by atoms with Gasteiger partial charge in [0.15, 0.2) is 0 Å². The Labute approximate surface area is 133 Å². The van der Waals surface area contributed by atoms with E-state index in [2.05, 4.69) is 30.8 Å². The zero-order valence-electron chi connectivity index (χ0n) is 13.8. The summed E-state index contributed by atoms with van der Waals surface area (Å²) in [6.07, 6.45) is 1.38. The molecule has 0 fully saturated rings. The maximum Gasteiger partial charge on any atom is 0.239 e. The van der Waals surface area contributed by atoms with Gasteiger partial charge in [0.2, 0.25) is 15.9 Å². The van der Waals surface area contributed by atoms with Gasteiger partial charge in [-0.2, -0.15) is 0 Å². The molecule has 0 aliphatic carbocycles. The molecule has 0 aromatic heterocycles. The molecule has 1 aromatic carbocycles. The maximum absolute atomic E-state index is 12.0. The molecule has 0 saturated heterocycles. The van der Waals surface area contributed by atoms with Crippen molar-refractivity contribution in [3.63, 3.8) is 0 Å². The minimum absolute atomic E-state index is 0.0510. The third kappa shape index (κ3) is 6.15. The van der Waals surface area contributed by atoms with Gasteiger partial charge >= 0.3 is 0 Å². The summed E-state index contributed by atoms with van der Waals surface area (Å²) in [5.41, 5.74) is 1.62. The quantitative estimate of drug-likeness (QED) is 0.809. The van der Waals surface area contributed by atoms with E-state index in [0.29, 0.717) is 12.1 Å². The van der Waals surface area contributed by atoms with Crippen molar-refractivity contribution in [2.75, 3.05) is 17.6 Å². The molecule has 0 aliphatic heterocycles. The van der Waals surface area contributed by atoms with Crippen LogP contribution < -0.4 is 10.0 Å². The van der Waals surface area contributed by atoms with Gasteiger partial charge in [-0.15, -0.1) is 0 Å². The van der Waals surface area contributed by atoms with Crippen LogP contribution in [0.2, 0.25) is 0 Å². The minimum atomic E-state index is -3.38. The topological polar surface area (TPSA) is 75.3 Å². The monoisotopic (exact) mass is 326 g/mol. The lowest BCUT2D eigenvalue weighted by Gasteiger charge is -2.23. The maximum atomic E-state index is 12.0. The third-order valence-corrected chi connectivity index (χ3v) is 4.64. The summed E-state index contributed by atoms with van der Waals surface area (Å²) in [6.45, 7) is 7.86. The van der Waals surface area contributed by atoms with Crippen LogP contribution in [-0.2, 0) is 20.2 Å². The predicted octanol–water partition coefficient (Wildman–Crippen LogP) is 2.64. The largest absolute Gasteiger partial charge is 0.325 e. The number of benzene rings is 1. The number of carbonyl (C=O) groups excluding carboxylic acids is 1.